The molecule has 5 unspecified atom stereocenters. The lowest BCUT2D eigenvalue weighted by atomic mass is 10.0. The van der Waals surface area contributed by atoms with E-state index in [1.54, 1.807) is 32.6 Å². The first-order valence-electron chi connectivity index (χ1n) is 15.5. The molecule has 0 aromatic rings. The van der Waals surface area contributed by atoms with Crippen LogP contribution in [0, 0.1) is 5.92 Å². The van der Waals surface area contributed by atoms with Gasteiger partial charge in [-0.2, -0.15) is 0 Å². The van der Waals surface area contributed by atoms with Gasteiger partial charge in [0.1, 0.15) is 23.2 Å². The van der Waals surface area contributed by atoms with E-state index >= 15 is 0 Å². The summed E-state index contributed by atoms with van der Waals surface area (Å²) in [6.07, 6.45) is 7.57. The maximum absolute atomic E-state index is 14.2. The van der Waals surface area contributed by atoms with Crippen LogP contribution in [-0.2, 0) is 28.3 Å². The van der Waals surface area contributed by atoms with Gasteiger partial charge in [0, 0.05) is 18.9 Å². The molecule has 0 spiro atoms. The normalized spacial score (nSPS) is 30.2. The van der Waals surface area contributed by atoms with E-state index in [1.807, 2.05) is 6.08 Å². The standard InChI is InChI=1S/C31H53N3O7Si/c1-10-39-27(37)31-19-21(31)16-14-12-11-13-15-17-23(32-28(38)40-29(2,3)4)26(36)34-20-22(18-24(34)25(35)33-31)41-42(8,9)30(5,6)7/h14,16,21-24H,10-13,15,17-20H2,1-9H3,(H,32,38)(H,33,35)/b16-14-. The Kier molecular flexibility index (Phi) is 10.6. The van der Waals surface area contributed by atoms with Crippen LogP contribution in [0.5, 0.6) is 0 Å². The van der Waals surface area contributed by atoms with Crippen LogP contribution in [0.2, 0.25) is 18.1 Å². The summed E-state index contributed by atoms with van der Waals surface area (Å²) >= 11 is 0. The summed E-state index contributed by atoms with van der Waals surface area (Å²) < 4.78 is 17.5. The highest BCUT2D eigenvalue weighted by Gasteiger charge is 2.62. The predicted octanol–water partition coefficient (Wildman–Crippen LogP) is 4.83. The van der Waals surface area contributed by atoms with Crippen molar-refractivity contribution in [3.05, 3.63) is 12.2 Å². The molecule has 11 heteroatoms. The van der Waals surface area contributed by atoms with Crippen molar-refractivity contribution in [2.24, 2.45) is 5.92 Å². The first-order chi connectivity index (χ1) is 19.4. The van der Waals surface area contributed by atoms with Crippen LogP contribution < -0.4 is 10.6 Å². The van der Waals surface area contributed by atoms with Crippen LogP contribution in [-0.4, -0.2) is 79.6 Å². The number of carbonyl (C=O) groups excluding carboxylic acids is 4. The van der Waals surface area contributed by atoms with Crippen molar-refractivity contribution in [3.63, 3.8) is 0 Å². The molecule has 5 atom stereocenters. The Labute approximate surface area is 252 Å². The second kappa shape index (κ2) is 13.1. The summed E-state index contributed by atoms with van der Waals surface area (Å²) in [6, 6.07) is -1.70. The van der Waals surface area contributed by atoms with Crippen LogP contribution in [0.4, 0.5) is 4.79 Å². The zero-order valence-electron chi connectivity index (χ0n) is 27.1. The molecule has 42 heavy (non-hydrogen) atoms. The molecule has 238 valence electrons. The number of nitrogens with one attached hydrogen (secondary N) is 2. The molecule has 0 aromatic carbocycles. The average Bonchev–Trinajstić information content (AvgIpc) is 3.38. The Morgan fingerprint density at radius 3 is 2.43 bits per heavy atom. The highest BCUT2D eigenvalue weighted by atomic mass is 28.4. The summed E-state index contributed by atoms with van der Waals surface area (Å²) in [4.78, 5) is 55.5. The van der Waals surface area contributed by atoms with E-state index in [9.17, 15) is 19.2 Å². The summed E-state index contributed by atoms with van der Waals surface area (Å²) in [5.41, 5.74) is -1.86. The number of fused-ring (bicyclic) bond motifs is 2. The zero-order chi connectivity index (χ0) is 31.5. The van der Waals surface area contributed by atoms with Crippen LogP contribution in [0.15, 0.2) is 12.2 Å². The molecule has 0 aromatic heterocycles. The van der Waals surface area contributed by atoms with Crippen LogP contribution >= 0.6 is 0 Å². The van der Waals surface area contributed by atoms with Gasteiger partial charge in [0.05, 0.1) is 12.7 Å². The minimum Gasteiger partial charge on any atom is -0.464 e. The van der Waals surface area contributed by atoms with Gasteiger partial charge in [0.2, 0.25) is 11.8 Å². The molecule has 2 aliphatic heterocycles. The van der Waals surface area contributed by atoms with Gasteiger partial charge in [-0.1, -0.05) is 45.8 Å². The van der Waals surface area contributed by atoms with Crippen molar-refractivity contribution in [2.75, 3.05) is 13.2 Å². The lowest BCUT2D eigenvalue weighted by Crippen LogP contribution is -2.56. The fraction of sp³-hybridized carbons (Fsp3) is 0.806. The van der Waals surface area contributed by atoms with Gasteiger partial charge in [0.15, 0.2) is 8.32 Å². The number of amides is 3. The van der Waals surface area contributed by atoms with E-state index in [0.29, 0.717) is 19.3 Å². The highest BCUT2D eigenvalue weighted by Crippen LogP contribution is 2.46. The lowest BCUT2D eigenvalue weighted by molar-refractivity contribution is -0.150. The molecule has 1 aliphatic carbocycles. The molecule has 2 N–H and O–H groups in total. The minimum atomic E-state index is -2.22. The Bertz CT molecular complexity index is 1050. The average molecular weight is 608 g/mol. The summed E-state index contributed by atoms with van der Waals surface area (Å²) in [7, 11) is -2.22. The first kappa shape index (κ1) is 34.1. The van der Waals surface area contributed by atoms with Gasteiger partial charge in [-0.3, -0.25) is 9.59 Å². The number of hydrogen-bond acceptors (Lipinski definition) is 7. The molecule has 3 rings (SSSR count). The van der Waals surface area contributed by atoms with Gasteiger partial charge in [-0.05, 0) is 71.5 Å². The van der Waals surface area contributed by atoms with Crippen LogP contribution in [0.25, 0.3) is 0 Å². The third-order valence-corrected chi connectivity index (χ3v) is 13.4. The SMILES string of the molecule is CCOC(=O)C12CC1/C=C\CCCCCC(NC(=O)OC(C)(C)C)C(=O)N1CC(O[Si](C)(C)C(C)(C)C)CC1C(=O)N2. The Hall–Kier alpha value is -2.40. The molecule has 1 saturated heterocycles. The third kappa shape index (κ3) is 8.36. The van der Waals surface area contributed by atoms with E-state index in [0.717, 1.165) is 25.7 Å². The number of hydrogen-bond donors (Lipinski definition) is 2. The topological polar surface area (TPSA) is 123 Å². The predicted molar refractivity (Wildman–Crippen MR) is 163 cm³/mol. The van der Waals surface area contributed by atoms with E-state index in [-0.39, 0.29) is 36.1 Å². The maximum Gasteiger partial charge on any atom is 0.408 e. The number of rotatable bonds is 5. The fourth-order valence-electron chi connectivity index (χ4n) is 5.44. The highest BCUT2D eigenvalue weighted by molar-refractivity contribution is 6.74. The number of carbonyl (C=O) groups is 4. The fourth-order valence-corrected chi connectivity index (χ4v) is 6.79. The molecule has 0 radical (unpaired) electrons. The number of allylic oxidation sites excluding steroid dienone is 1. The van der Waals surface area contributed by atoms with Gasteiger partial charge in [0.25, 0.3) is 0 Å². The molecule has 2 fully saturated rings. The first-order valence-corrected chi connectivity index (χ1v) is 18.4. The largest absolute Gasteiger partial charge is 0.464 e. The monoisotopic (exact) mass is 607 g/mol. The smallest absolute Gasteiger partial charge is 0.408 e. The van der Waals surface area contributed by atoms with Gasteiger partial charge >= 0.3 is 12.1 Å². The molecule has 10 nitrogen and oxygen atoms in total. The Balaban J connectivity index is 1.95. The van der Waals surface area contributed by atoms with Gasteiger partial charge in [-0.25, -0.2) is 9.59 Å². The molecular weight excluding hydrogens is 554 g/mol. The molecule has 1 saturated carbocycles. The second-order valence-electron chi connectivity index (χ2n) is 14.5. The van der Waals surface area contributed by atoms with E-state index in [1.165, 1.54) is 0 Å². The quantitative estimate of drug-likeness (QED) is 0.261. The van der Waals surface area contributed by atoms with E-state index in [2.05, 4.69) is 50.6 Å². The van der Waals surface area contributed by atoms with Gasteiger partial charge in [-0.15, -0.1) is 0 Å². The van der Waals surface area contributed by atoms with Crippen molar-refractivity contribution < 1.29 is 33.1 Å². The number of nitrogens with zero attached hydrogens (tertiary/aromatic N) is 1. The van der Waals surface area contributed by atoms with E-state index in [4.69, 9.17) is 13.9 Å². The molecule has 3 aliphatic rings. The third-order valence-electron chi connectivity index (χ3n) is 8.84. The van der Waals surface area contributed by atoms with Crippen LogP contribution in [0.3, 0.4) is 0 Å². The summed E-state index contributed by atoms with van der Waals surface area (Å²) in [5.74, 6) is -1.35. The summed E-state index contributed by atoms with van der Waals surface area (Å²) in [6.45, 7) is 18.2. The lowest BCUT2D eigenvalue weighted by Gasteiger charge is -2.38. The zero-order valence-corrected chi connectivity index (χ0v) is 28.1. The Morgan fingerprint density at radius 2 is 1.81 bits per heavy atom. The van der Waals surface area contributed by atoms with Crippen molar-refractivity contribution in [1.82, 2.24) is 15.5 Å². The molecule has 3 amide bonds. The molecular formula is C31H53N3O7Si. The Morgan fingerprint density at radius 1 is 1.12 bits per heavy atom. The van der Waals surface area contributed by atoms with Gasteiger partial charge < -0.3 is 29.4 Å². The maximum atomic E-state index is 14.2. The van der Waals surface area contributed by atoms with E-state index < -0.39 is 49.5 Å². The molecule has 0 bridgehead atoms. The van der Waals surface area contributed by atoms with Crippen molar-refractivity contribution in [2.45, 2.75) is 141 Å². The number of esters is 1. The second-order valence-corrected chi connectivity index (χ2v) is 19.3. The van der Waals surface area contributed by atoms with Crippen LogP contribution in [0.1, 0.15) is 93.4 Å². The van der Waals surface area contributed by atoms with Crippen molar-refractivity contribution in [1.29, 1.82) is 0 Å². The molecule has 2 heterocycles. The summed E-state index contributed by atoms with van der Waals surface area (Å²) in [5, 5.41) is 5.73. The van der Waals surface area contributed by atoms with Crippen molar-refractivity contribution >= 4 is 32.2 Å². The van der Waals surface area contributed by atoms with Crippen molar-refractivity contribution in [3.8, 4) is 0 Å². The number of alkyl carbamates (subject to hydrolysis) is 1. The number of ether oxygens (including phenoxy) is 2. The minimum absolute atomic E-state index is 0.0573.